The molecule has 0 bridgehead atoms. The predicted molar refractivity (Wildman–Crippen MR) is 97.1 cm³/mol. The van der Waals surface area contributed by atoms with Crippen LogP contribution in [-0.2, 0) is 17.7 Å². The van der Waals surface area contributed by atoms with Gasteiger partial charge in [-0.25, -0.2) is 4.79 Å². The molecule has 0 aliphatic rings. The van der Waals surface area contributed by atoms with Gasteiger partial charge in [0.15, 0.2) is 5.56 Å². The fraction of sp³-hybridized carbons (Fsp3) is 0.444. The Balaban J connectivity index is 2.52. The van der Waals surface area contributed by atoms with Crippen LogP contribution in [0.2, 0.25) is 0 Å². The van der Waals surface area contributed by atoms with Gasteiger partial charge in [0.05, 0.1) is 12.1 Å². The first-order valence-corrected chi connectivity index (χ1v) is 8.51. The van der Waals surface area contributed by atoms with Gasteiger partial charge in [0.2, 0.25) is 0 Å². The fourth-order valence-electron chi connectivity index (χ4n) is 2.81. The van der Waals surface area contributed by atoms with Crippen LogP contribution in [0.1, 0.15) is 29.8 Å². The van der Waals surface area contributed by atoms with E-state index in [4.69, 9.17) is 10.5 Å². The molecule has 0 unspecified atom stereocenters. The van der Waals surface area contributed by atoms with Crippen molar-refractivity contribution in [2.45, 2.75) is 26.8 Å². The lowest BCUT2D eigenvalue weighted by molar-refractivity contribution is 0.0520. The summed E-state index contributed by atoms with van der Waals surface area (Å²) in [5.74, 6) is -1.12. The van der Waals surface area contributed by atoms with Crippen molar-refractivity contribution in [3.05, 3.63) is 39.7 Å². The normalized spacial score (nSPS) is 11.0. The number of ether oxygens (including phenoxy) is 1. The van der Waals surface area contributed by atoms with Gasteiger partial charge in [-0.05, 0) is 44.5 Å². The highest BCUT2D eigenvalue weighted by Gasteiger charge is 2.23. The van der Waals surface area contributed by atoms with Crippen molar-refractivity contribution in [2.24, 2.45) is 5.73 Å². The summed E-state index contributed by atoms with van der Waals surface area (Å²) in [5.41, 5.74) is 6.18. The van der Waals surface area contributed by atoms with E-state index in [2.05, 4.69) is 5.32 Å². The highest BCUT2D eigenvalue weighted by Crippen LogP contribution is 2.28. The van der Waals surface area contributed by atoms with Crippen molar-refractivity contribution in [3.8, 4) is 5.75 Å². The molecule has 7 nitrogen and oxygen atoms in total. The van der Waals surface area contributed by atoms with E-state index in [1.807, 2.05) is 19.1 Å². The number of rotatable bonds is 8. The topological polar surface area (TPSA) is 107 Å². The Kier molecular flexibility index (Phi) is 6.55. The van der Waals surface area contributed by atoms with E-state index < -0.39 is 11.5 Å². The molecule has 0 radical (unpaired) electrons. The third-order valence-electron chi connectivity index (χ3n) is 4.01. The number of nitrogens with one attached hydrogen (secondary N) is 1. The van der Waals surface area contributed by atoms with E-state index in [0.717, 1.165) is 25.1 Å². The maximum atomic E-state index is 12.6. The van der Waals surface area contributed by atoms with E-state index in [9.17, 15) is 14.7 Å². The van der Waals surface area contributed by atoms with Crippen LogP contribution < -0.4 is 16.6 Å². The Bertz CT molecular complexity index is 814. The van der Waals surface area contributed by atoms with E-state index in [1.165, 1.54) is 4.57 Å². The number of nitrogens with two attached hydrogens (primary N) is 1. The molecule has 0 spiro atoms. The number of esters is 1. The highest BCUT2D eigenvalue weighted by molar-refractivity contribution is 5.99. The van der Waals surface area contributed by atoms with Crippen LogP contribution >= 0.6 is 0 Å². The number of aromatic hydroxyl groups is 1. The number of carbonyl (C=O) groups is 1. The van der Waals surface area contributed by atoms with Gasteiger partial charge in [-0.2, -0.15) is 0 Å². The average Bonchev–Trinajstić information content (AvgIpc) is 2.60. The molecule has 7 heteroatoms. The molecule has 0 saturated heterocycles. The zero-order valence-electron chi connectivity index (χ0n) is 14.7. The summed E-state index contributed by atoms with van der Waals surface area (Å²) in [5, 5.41) is 14.2. The second-order valence-corrected chi connectivity index (χ2v) is 5.63. The molecule has 0 aliphatic heterocycles. The second-order valence-electron chi connectivity index (χ2n) is 5.63. The van der Waals surface area contributed by atoms with Gasteiger partial charge in [-0.3, -0.25) is 4.79 Å². The van der Waals surface area contributed by atoms with Crippen molar-refractivity contribution >= 4 is 16.9 Å². The number of aryl methyl sites for hydroxylation is 1. The number of aromatic nitrogens is 1. The van der Waals surface area contributed by atoms with Gasteiger partial charge < -0.3 is 25.5 Å². The summed E-state index contributed by atoms with van der Waals surface area (Å²) in [6, 6.07) is 5.53. The van der Waals surface area contributed by atoms with Crippen LogP contribution in [-0.4, -0.2) is 41.9 Å². The molecular weight excluding hydrogens is 322 g/mol. The van der Waals surface area contributed by atoms with Gasteiger partial charge in [0.25, 0.3) is 5.56 Å². The third-order valence-corrected chi connectivity index (χ3v) is 4.01. The quantitative estimate of drug-likeness (QED) is 0.486. The van der Waals surface area contributed by atoms with Crippen molar-refractivity contribution in [3.63, 3.8) is 0 Å². The fourth-order valence-corrected chi connectivity index (χ4v) is 2.81. The molecular formula is C18H25N3O4. The average molecular weight is 347 g/mol. The lowest BCUT2D eigenvalue weighted by Crippen LogP contribution is -2.27. The van der Waals surface area contributed by atoms with E-state index >= 15 is 0 Å². The monoisotopic (exact) mass is 347 g/mol. The van der Waals surface area contributed by atoms with E-state index in [-0.39, 0.29) is 17.9 Å². The Morgan fingerprint density at radius 2 is 2.08 bits per heavy atom. The minimum Gasteiger partial charge on any atom is -0.506 e. The SMILES string of the molecule is CCOC(=O)c1c(O)c2cc(CCNCCN)ccc2n(CC)c1=O. The minimum absolute atomic E-state index is 0.134. The highest BCUT2D eigenvalue weighted by atomic mass is 16.5. The molecule has 0 saturated carbocycles. The molecule has 0 atom stereocenters. The standard InChI is InChI=1S/C18H25N3O4/c1-3-21-14-6-5-12(7-9-20-10-8-19)11-13(14)16(22)15(17(21)23)18(24)25-4-2/h5-6,11,20,22H,3-4,7-10,19H2,1-2H3. The molecule has 1 heterocycles. The number of nitrogens with zero attached hydrogens (tertiary/aromatic N) is 1. The maximum absolute atomic E-state index is 12.6. The van der Waals surface area contributed by atoms with E-state index in [0.29, 0.717) is 24.0 Å². The van der Waals surface area contributed by atoms with Gasteiger partial charge in [-0.15, -0.1) is 0 Å². The van der Waals surface area contributed by atoms with Crippen molar-refractivity contribution < 1.29 is 14.6 Å². The van der Waals surface area contributed by atoms with Crippen LogP contribution in [0.5, 0.6) is 5.75 Å². The van der Waals surface area contributed by atoms with Crippen molar-refractivity contribution in [1.29, 1.82) is 0 Å². The largest absolute Gasteiger partial charge is 0.506 e. The Morgan fingerprint density at radius 3 is 2.72 bits per heavy atom. The van der Waals surface area contributed by atoms with Gasteiger partial charge >= 0.3 is 5.97 Å². The number of hydrogen-bond donors (Lipinski definition) is 3. The first-order chi connectivity index (χ1) is 12.0. The number of benzene rings is 1. The summed E-state index contributed by atoms with van der Waals surface area (Å²) >= 11 is 0. The molecule has 136 valence electrons. The summed E-state index contributed by atoms with van der Waals surface area (Å²) < 4.78 is 6.40. The summed E-state index contributed by atoms with van der Waals surface area (Å²) in [4.78, 5) is 24.7. The first kappa shape index (κ1) is 19.0. The molecule has 0 fully saturated rings. The Labute approximate surface area is 146 Å². The van der Waals surface area contributed by atoms with Crippen LogP contribution in [0.15, 0.2) is 23.0 Å². The minimum atomic E-state index is -0.802. The summed E-state index contributed by atoms with van der Waals surface area (Å²) in [7, 11) is 0. The Morgan fingerprint density at radius 1 is 1.32 bits per heavy atom. The summed E-state index contributed by atoms with van der Waals surface area (Å²) in [6.07, 6.45) is 0.745. The smallest absolute Gasteiger partial charge is 0.347 e. The van der Waals surface area contributed by atoms with Gasteiger partial charge in [-0.1, -0.05) is 6.07 Å². The van der Waals surface area contributed by atoms with Crippen LogP contribution in [0.4, 0.5) is 0 Å². The van der Waals surface area contributed by atoms with Gasteiger partial charge in [0, 0.05) is 25.0 Å². The molecule has 0 aliphatic carbocycles. The zero-order valence-corrected chi connectivity index (χ0v) is 14.7. The lowest BCUT2D eigenvalue weighted by atomic mass is 10.0. The molecule has 1 aromatic carbocycles. The predicted octanol–water partition coefficient (Wildman–Crippen LogP) is 0.994. The van der Waals surface area contributed by atoms with Crippen LogP contribution in [0.3, 0.4) is 0 Å². The molecule has 0 amide bonds. The number of carbonyl (C=O) groups excluding carboxylic acids is 1. The zero-order chi connectivity index (χ0) is 18.4. The van der Waals surface area contributed by atoms with Crippen molar-refractivity contribution in [2.75, 3.05) is 26.2 Å². The van der Waals surface area contributed by atoms with Gasteiger partial charge in [0.1, 0.15) is 5.75 Å². The van der Waals surface area contributed by atoms with Crippen LogP contribution in [0, 0.1) is 0 Å². The van der Waals surface area contributed by atoms with E-state index in [1.54, 1.807) is 13.0 Å². The summed E-state index contributed by atoms with van der Waals surface area (Å²) in [6.45, 7) is 6.05. The first-order valence-electron chi connectivity index (χ1n) is 8.51. The molecule has 2 rings (SSSR count). The number of hydrogen-bond acceptors (Lipinski definition) is 6. The molecule has 4 N–H and O–H groups in total. The Hall–Kier alpha value is -2.38. The molecule has 2 aromatic rings. The lowest BCUT2D eigenvalue weighted by Gasteiger charge is -2.14. The van der Waals surface area contributed by atoms with Crippen molar-refractivity contribution in [1.82, 2.24) is 9.88 Å². The number of fused-ring (bicyclic) bond motifs is 1. The second kappa shape index (κ2) is 8.64. The van der Waals surface area contributed by atoms with Crippen LogP contribution in [0.25, 0.3) is 10.9 Å². The maximum Gasteiger partial charge on any atom is 0.347 e. The molecule has 1 aromatic heterocycles. The third kappa shape index (κ3) is 4.00. The molecule has 25 heavy (non-hydrogen) atoms. The number of pyridine rings is 1.